The average molecular weight is 108 g/mol. The van der Waals surface area contributed by atoms with Gasteiger partial charge in [-0.15, -0.1) is 0 Å². The van der Waals surface area contributed by atoms with E-state index in [0.717, 1.165) is 0 Å². The summed E-state index contributed by atoms with van der Waals surface area (Å²) < 4.78 is 14.6. The predicted octanol–water partition coefficient (Wildman–Crippen LogP) is 1.72. The number of hydrogen-bond acceptors (Lipinski definition) is 1. The second-order valence-electron chi connectivity index (χ2n) is 2.19. The van der Waals surface area contributed by atoms with Gasteiger partial charge in [-0.05, 0) is 19.6 Å². The highest BCUT2D eigenvalue weighted by Crippen LogP contribution is 2.00. The van der Waals surface area contributed by atoms with E-state index in [9.17, 15) is 4.53 Å². The first-order valence-electron chi connectivity index (χ1n) is 1.86. The monoisotopic (exact) mass is 108 g/mol. The van der Waals surface area contributed by atoms with Gasteiger partial charge < -0.3 is 0 Å². The van der Waals surface area contributed by atoms with Crippen LogP contribution in [0.1, 0.15) is 0 Å². The Morgan fingerprint density at radius 3 is 1.50 bits per heavy atom. The summed E-state index contributed by atoms with van der Waals surface area (Å²) in [5.74, 6) is 0. The first kappa shape index (κ1) is 6.11. The summed E-state index contributed by atoms with van der Waals surface area (Å²) in [7, 11) is -1.80. The van der Waals surface area contributed by atoms with Crippen molar-refractivity contribution in [2.45, 2.75) is 19.6 Å². The van der Waals surface area contributed by atoms with Gasteiger partial charge in [-0.25, -0.2) is 4.63 Å². The summed E-state index contributed by atoms with van der Waals surface area (Å²) in [6.07, 6.45) is 0. The normalized spacial score (nSPS) is 12.0. The molecule has 6 heavy (non-hydrogen) atoms. The molecule has 1 nitrogen and oxygen atoms in total. The van der Waals surface area contributed by atoms with E-state index < -0.39 is 8.32 Å². The Morgan fingerprint density at radius 1 is 1.33 bits per heavy atom. The van der Waals surface area contributed by atoms with Crippen molar-refractivity contribution in [3.8, 4) is 0 Å². The van der Waals surface area contributed by atoms with Gasteiger partial charge in [-0.2, -0.15) is 0 Å². The molecule has 3 heteroatoms. The molecule has 0 fully saturated rings. The van der Waals surface area contributed by atoms with Crippen LogP contribution in [0.25, 0.3) is 0 Å². The Morgan fingerprint density at radius 2 is 1.50 bits per heavy atom. The minimum atomic E-state index is -1.80. The Kier molecular flexibility index (Phi) is 1.74. The van der Waals surface area contributed by atoms with E-state index in [-0.39, 0.29) is 0 Å². The molecular formula is C3H9FOSi. The van der Waals surface area contributed by atoms with Crippen LogP contribution in [0.15, 0.2) is 0 Å². The lowest BCUT2D eigenvalue weighted by Gasteiger charge is -2.04. The summed E-state index contributed by atoms with van der Waals surface area (Å²) in [6, 6.07) is 0. The fourth-order valence-corrected chi connectivity index (χ4v) is 0. The van der Waals surface area contributed by atoms with E-state index in [4.69, 9.17) is 0 Å². The standard InChI is InChI=1S/C3H9FOSi/c1-6(2,3)5-4/h1-3H3. The fourth-order valence-electron chi connectivity index (χ4n) is 0. The number of halogens is 1. The van der Waals surface area contributed by atoms with Gasteiger partial charge in [0.2, 0.25) is 8.32 Å². The summed E-state index contributed by atoms with van der Waals surface area (Å²) in [6.45, 7) is 5.35. The van der Waals surface area contributed by atoms with Crippen LogP contribution in [0.2, 0.25) is 19.6 Å². The molecule has 0 atom stereocenters. The highest BCUT2D eigenvalue weighted by molar-refractivity contribution is 6.69. The molecule has 0 amide bonds. The van der Waals surface area contributed by atoms with E-state index in [1.807, 2.05) is 0 Å². The van der Waals surface area contributed by atoms with Crippen molar-refractivity contribution in [1.29, 1.82) is 0 Å². The molecule has 0 aromatic heterocycles. The van der Waals surface area contributed by atoms with E-state index in [1.165, 1.54) is 0 Å². The van der Waals surface area contributed by atoms with E-state index in [0.29, 0.717) is 0 Å². The maximum Gasteiger partial charge on any atom is 0.237 e. The van der Waals surface area contributed by atoms with Gasteiger partial charge in [0.1, 0.15) is 0 Å². The minimum Gasteiger partial charge on any atom is -0.246 e. The first-order valence-corrected chi connectivity index (χ1v) is 5.27. The third-order valence-corrected chi connectivity index (χ3v) is 0.694. The molecule has 0 unspecified atom stereocenters. The van der Waals surface area contributed by atoms with E-state index >= 15 is 0 Å². The van der Waals surface area contributed by atoms with Crippen LogP contribution >= 0.6 is 0 Å². The predicted molar refractivity (Wildman–Crippen MR) is 25.5 cm³/mol. The van der Waals surface area contributed by atoms with Gasteiger partial charge in [-0.1, -0.05) is 4.53 Å². The van der Waals surface area contributed by atoms with Crippen molar-refractivity contribution in [2.75, 3.05) is 0 Å². The van der Waals surface area contributed by atoms with Crippen LogP contribution in [0, 0.1) is 0 Å². The topological polar surface area (TPSA) is 9.23 Å². The molecule has 0 saturated heterocycles. The number of hydrogen-bond donors (Lipinski definition) is 0. The molecular weight excluding hydrogens is 99.1 g/mol. The summed E-state index contributed by atoms with van der Waals surface area (Å²) in [5.41, 5.74) is 0. The summed E-state index contributed by atoms with van der Waals surface area (Å²) in [5, 5.41) is 0. The van der Waals surface area contributed by atoms with Crippen LogP contribution in [-0.2, 0) is 4.63 Å². The van der Waals surface area contributed by atoms with Gasteiger partial charge in [0.05, 0.1) is 0 Å². The van der Waals surface area contributed by atoms with Crippen molar-refractivity contribution in [3.05, 3.63) is 0 Å². The third kappa shape index (κ3) is 4.11. The number of rotatable bonds is 1. The molecule has 0 aliphatic carbocycles. The average Bonchev–Trinajstić information content (AvgIpc) is 1.35. The SMILES string of the molecule is C[Si](C)(C)OF. The third-order valence-electron chi connectivity index (χ3n) is 0.231. The lowest BCUT2D eigenvalue weighted by atomic mass is 11.8. The molecule has 38 valence electrons. The smallest absolute Gasteiger partial charge is 0.237 e. The van der Waals surface area contributed by atoms with Crippen molar-refractivity contribution in [3.63, 3.8) is 0 Å². The highest BCUT2D eigenvalue weighted by Gasteiger charge is 2.14. The van der Waals surface area contributed by atoms with Crippen LogP contribution in [0.4, 0.5) is 4.53 Å². The summed E-state index contributed by atoms with van der Waals surface area (Å²) >= 11 is 0. The van der Waals surface area contributed by atoms with Gasteiger partial charge in [0.15, 0.2) is 0 Å². The zero-order valence-electron chi connectivity index (χ0n) is 4.29. The van der Waals surface area contributed by atoms with Crippen molar-refractivity contribution >= 4 is 8.32 Å². The second-order valence-corrected chi connectivity index (χ2v) is 6.57. The molecule has 0 spiro atoms. The molecule has 0 radical (unpaired) electrons. The van der Waals surface area contributed by atoms with Crippen molar-refractivity contribution in [1.82, 2.24) is 0 Å². The van der Waals surface area contributed by atoms with Crippen LogP contribution in [0.5, 0.6) is 0 Å². The zero-order valence-corrected chi connectivity index (χ0v) is 5.29. The quantitative estimate of drug-likeness (QED) is 0.465. The molecule has 0 aromatic rings. The van der Waals surface area contributed by atoms with E-state index in [1.54, 1.807) is 19.6 Å². The molecule has 0 aromatic carbocycles. The second kappa shape index (κ2) is 1.71. The Labute approximate surface area is 38.2 Å². The van der Waals surface area contributed by atoms with Gasteiger partial charge in [0.25, 0.3) is 0 Å². The molecule has 0 heterocycles. The maximum absolute atomic E-state index is 11.1. The fraction of sp³-hybridized carbons (Fsp3) is 1.00. The first-order chi connectivity index (χ1) is 2.56. The van der Waals surface area contributed by atoms with E-state index in [2.05, 4.69) is 4.63 Å². The van der Waals surface area contributed by atoms with Gasteiger partial charge in [-0.3, -0.25) is 0 Å². The largest absolute Gasteiger partial charge is 0.246 e. The lowest BCUT2D eigenvalue weighted by Crippen LogP contribution is -2.20. The molecule has 0 bridgehead atoms. The Balaban J connectivity index is 3.17. The van der Waals surface area contributed by atoms with Crippen LogP contribution in [0.3, 0.4) is 0 Å². The molecule has 0 N–H and O–H groups in total. The van der Waals surface area contributed by atoms with Gasteiger partial charge >= 0.3 is 0 Å². The highest BCUT2D eigenvalue weighted by atomic mass is 28.4. The maximum atomic E-state index is 11.1. The Hall–Kier alpha value is 0.107. The van der Waals surface area contributed by atoms with Crippen LogP contribution in [-0.4, -0.2) is 8.32 Å². The van der Waals surface area contributed by atoms with Crippen LogP contribution < -0.4 is 0 Å². The van der Waals surface area contributed by atoms with Crippen molar-refractivity contribution in [2.24, 2.45) is 0 Å². The molecule has 0 aliphatic rings. The zero-order chi connectivity index (χ0) is 5.21. The molecule has 0 aliphatic heterocycles. The van der Waals surface area contributed by atoms with Crippen molar-refractivity contribution < 1.29 is 9.16 Å². The lowest BCUT2D eigenvalue weighted by molar-refractivity contribution is -0.0174. The molecule has 0 rings (SSSR count). The Bertz CT molecular complexity index is 40.5. The minimum absolute atomic E-state index is 1.78. The van der Waals surface area contributed by atoms with Gasteiger partial charge in [0, 0.05) is 0 Å². The molecule has 0 saturated carbocycles. The summed E-state index contributed by atoms with van der Waals surface area (Å²) in [4.78, 5) is 0.